The van der Waals surface area contributed by atoms with Crippen molar-refractivity contribution in [2.75, 3.05) is 33.4 Å². The van der Waals surface area contributed by atoms with E-state index in [4.69, 9.17) is 23.7 Å². The second kappa shape index (κ2) is 15.2. The number of aromatic nitrogens is 1. The first-order chi connectivity index (χ1) is 21.8. The molecule has 0 N–H and O–H groups in total. The number of pyridine rings is 1. The molecule has 8 heteroatoms. The summed E-state index contributed by atoms with van der Waals surface area (Å²) in [7, 11) is 1.67. The van der Waals surface area contributed by atoms with Crippen molar-refractivity contribution in [2.24, 2.45) is 0 Å². The van der Waals surface area contributed by atoms with E-state index in [1.54, 1.807) is 18.2 Å². The number of fused-ring (bicyclic) bond motifs is 1. The van der Waals surface area contributed by atoms with Crippen LogP contribution in [0.2, 0.25) is 0 Å². The third-order valence-electron chi connectivity index (χ3n) is 7.81. The number of likely N-dealkylation sites (tertiary alicyclic amines) is 1. The molecule has 1 saturated heterocycles. The molecule has 2 atom stereocenters. The fourth-order valence-corrected chi connectivity index (χ4v) is 5.53. The first kappa shape index (κ1) is 32.3. The van der Waals surface area contributed by atoms with Crippen molar-refractivity contribution in [1.29, 1.82) is 0 Å². The Morgan fingerprint density at radius 3 is 2.58 bits per heavy atom. The smallest absolute Gasteiger partial charge is 0.410 e. The van der Waals surface area contributed by atoms with Crippen LogP contribution in [-0.2, 0) is 27.4 Å². The molecular weight excluding hydrogens is 568 g/mol. The Bertz CT molecular complexity index is 1530. The van der Waals surface area contributed by atoms with Gasteiger partial charge in [0, 0.05) is 36.0 Å². The fourth-order valence-electron chi connectivity index (χ4n) is 5.53. The van der Waals surface area contributed by atoms with Crippen molar-refractivity contribution in [3.63, 3.8) is 0 Å². The van der Waals surface area contributed by atoms with E-state index < -0.39 is 5.60 Å². The standard InChI is InChI=1S/C37H44N2O6/c1-37(2,3)45-36(40)39-20-18-32(35(24-39)44-25-27-12-13-29-10-7-19-38-33(29)23-27)28-14-16-31(17-15-28)43-22-8-21-42-26-30-9-5-6-11-34(30)41-4/h5-7,9-17,19,23,32,35H,8,18,20-22,24-26H2,1-4H3/t32-,35+/m1/s1. The monoisotopic (exact) mass is 612 g/mol. The Balaban J connectivity index is 1.17. The zero-order valence-corrected chi connectivity index (χ0v) is 26.7. The number of benzene rings is 3. The molecule has 4 aromatic rings. The maximum absolute atomic E-state index is 12.9. The average molecular weight is 613 g/mol. The summed E-state index contributed by atoms with van der Waals surface area (Å²) in [6.07, 6.45) is 2.85. The quantitative estimate of drug-likeness (QED) is 0.153. The summed E-state index contributed by atoms with van der Waals surface area (Å²) in [5.41, 5.74) is 3.62. The van der Waals surface area contributed by atoms with Crippen LogP contribution in [0.5, 0.6) is 11.5 Å². The van der Waals surface area contributed by atoms with E-state index in [0.29, 0.717) is 39.5 Å². The van der Waals surface area contributed by atoms with Crippen molar-refractivity contribution in [1.82, 2.24) is 9.88 Å². The Morgan fingerprint density at radius 2 is 1.78 bits per heavy atom. The van der Waals surface area contributed by atoms with Crippen LogP contribution in [0, 0.1) is 0 Å². The largest absolute Gasteiger partial charge is 0.496 e. The molecule has 2 heterocycles. The molecule has 0 radical (unpaired) electrons. The molecule has 0 unspecified atom stereocenters. The van der Waals surface area contributed by atoms with Crippen LogP contribution in [0.25, 0.3) is 10.9 Å². The van der Waals surface area contributed by atoms with E-state index in [9.17, 15) is 4.79 Å². The van der Waals surface area contributed by atoms with Crippen LogP contribution in [0.4, 0.5) is 4.79 Å². The van der Waals surface area contributed by atoms with Gasteiger partial charge in [-0.05, 0) is 68.7 Å². The minimum absolute atomic E-state index is 0.125. The summed E-state index contributed by atoms with van der Waals surface area (Å²) < 4.78 is 29.4. The molecule has 1 aliphatic rings. The number of para-hydroxylation sites is 1. The van der Waals surface area contributed by atoms with E-state index >= 15 is 0 Å². The zero-order valence-electron chi connectivity index (χ0n) is 26.7. The van der Waals surface area contributed by atoms with Crippen molar-refractivity contribution in [3.05, 3.63) is 102 Å². The Hall–Kier alpha value is -4.14. The summed E-state index contributed by atoms with van der Waals surface area (Å²) in [4.78, 5) is 19.2. The van der Waals surface area contributed by atoms with Gasteiger partial charge in [-0.25, -0.2) is 4.79 Å². The van der Waals surface area contributed by atoms with Gasteiger partial charge in [-0.3, -0.25) is 4.98 Å². The van der Waals surface area contributed by atoms with Crippen LogP contribution in [0.15, 0.2) is 85.1 Å². The molecule has 1 aliphatic heterocycles. The molecule has 1 aromatic heterocycles. The maximum atomic E-state index is 12.9. The molecule has 5 rings (SSSR count). The summed E-state index contributed by atoms with van der Waals surface area (Å²) >= 11 is 0. The molecule has 1 fully saturated rings. The maximum Gasteiger partial charge on any atom is 0.410 e. The number of carbonyl (C=O) groups is 1. The highest BCUT2D eigenvalue weighted by Crippen LogP contribution is 2.33. The predicted molar refractivity (Wildman–Crippen MR) is 175 cm³/mol. The third kappa shape index (κ3) is 9.19. The zero-order chi connectivity index (χ0) is 31.6. The number of rotatable bonds is 12. The third-order valence-corrected chi connectivity index (χ3v) is 7.81. The Morgan fingerprint density at radius 1 is 0.956 bits per heavy atom. The van der Waals surface area contributed by atoms with Gasteiger partial charge in [0.25, 0.3) is 0 Å². The van der Waals surface area contributed by atoms with Crippen molar-refractivity contribution in [3.8, 4) is 11.5 Å². The summed E-state index contributed by atoms with van der Waals surface area (Å²) in [6, 6.07) is 26.3. The van der Waals surface area contributed by atoms with Crippen LogP contribution >= 0.6 is 0 Å². The van der Waals surface area contributed by atoms with E-state index in [1.165, 1.54) is 0 Å². The normalized spacial score (nSPS) is 16.8. The number of hydrogen-bond acceptors (Lipinski definition) is 7. The average Bonchev–Trinajstić information content (AvgIpc) is 3.05. The van der Waals surface area contributed by atoms with Gasteiger partial charge in [0.2, 0.25) is 0 Å². The van der Waals surface area contributed by atoms with Gasteiger partial charge in [0.15, 0.2) is 0 Å². The number of ether oxygens (including phenoxy) is 5. The van der Waals surface area contributed by atoms with Gasteiger partial charge in [-0.1, -0.05) is 48.5 Å². The summed E-state index contributed by atoms with van der Waals surface area (Å²) in [5, 5.41) is 1.09. The molecule has 238 valence electrons. The van der Waals surface area contributed by atoms with Crippen LogP contribution in [0.1, 0.15) is 56.2 Å². The highest BCUT2D eigenvalue weighted by molar-refractivity contribution is 5.78. The van der Waals surface area contributed by atoms with Gasteiger partial charge >= 0.3 is 6.09 Å². The van der Waals surface area contributed by atoms with E-state index in [-0.39, 0.29) is 18.1 Å². The first-order valence-corrected chi connectivity index (χ1v) is 15.6. The lowest BCUT2D eigenvalue weighted by atomic mass is 9.87. The predicted octanol–water partition coefficient (Wildman–Crippen LogP) is 7.54. The number of piperidine rings is 1. The molecular formula is C37H44N2O6. The second-order valence-electron chi connectivity index (χ2n) is 12.3. The van der Waals surface area contributed by atoms with Crippen molar-refractivity contribution in [2.45, 2.75) is 64.4 Å². The molecule has 0 spiro atoms. The molecule has 3 aromatic carbocycles. The van der Waals surface area contributed by atoms with Crippen LogP contribution in [-0.4, -0.2) is 61.1 Å². The lowest BCUT2D eigenvalue weighted by molar-refractivity contribution is -0.0359. The minimum Gasteiger partial charge on any atom is -0.496 e. The van der Waals surface area contributed by atoms with Gasteiger partial charge in [-0.15, -0.1) is 0 Å². The van der Waals surface area contributed by atoms with Gasteiger partial charge < -0.3 is 28.6 Å². The summed E-state index contributed by atoms with van der Waals surface area (Å²) in [5.74, 6) is 1.78. The molecule has 0 saturated carbocycles. The number of nitrogens with zero attached hydrogens (tertiary/aromatic N) is 2. The van der Waals surface area contributed by atoms with E-state index in [2.05, 4.69) is 35.3 Å². The van der Waals surface area contributed by atoms with E-state index in [0.717, 1.165) is 51.9 Å². The Kier molecular flexibility index (Phi) is 10.9. The van der Waals surface area contributed by atoms with Crippen LogP contribution < -0.4 is 9.47 Å². The lowest BCUT2D eigenvalue weighted by Crippen LogP contribution is -2.48. The topological polar surface area (TPSA) is 79.4 Å². The van der Waals surface area contributed by atoms with Gasteiger partial charge in [0.05, 0.1) is 51.7 Å². The van der Waals surface area contributed by atoms with Crippen molar-refractivity contribution >= 4 is 17.0 Å². The Labute approximate surface area is 266 Å². The number of amides is 1. The summed E-state index contributed by atoms with van der Waals surface area (Å²) in [6.45, 7) is 8.81. The lowest BCUT2D eigenvalue weighted by Gasteiger charge is -2.39. The second-order valence-corrected chi connectivity index (χ2v) is 12.3. The van der Waals surface area contributed by atoms with Gasteiger partial charge in [0.1, 0.15) is 17.1 Å². The van der Waals surface area contributed by atoms with Gasteiger partial charge in [-0.2, -0.15) is 0 Å². The molecule has 0 aliphatic carbocycles. The highest BCUT2D eigenvalue weighted by atomic mass is 16.6. The van der Waals surface area contributed by atoms with E-state index in [1.807, 2.05) is 69.3 Å². The molecule has 8 nitrogen and oxygen atoms in total. The highest BCUT2D eigenvalue weighted by Gasteiger charge is 2.35. The SMILES string of the molecule is COc1ccccc1COCCCOc1ccc([C@H]2CCN(C(=O)OC(C)(C)C)C[C@@H]2OCc2ccc3cccnc3c2)cc1. The molecule has 0 bridgehead atoms. The molecule has 1 amide bonds. The first-order valence-electron chi connectivity index (χ1n) is 15.6. The number of carbonyl (C=O) groups excluding carboxylic acids is 1. The van der Waals surface area contributed by atoms with Crippen molar-refractivity contribution < 1.29 is 28.5 Å². The number of hydrogen-bond donors (Lipinski definition) is 0. The molecule has 45 heavy (non-hydrogen) atoms. The van der Waals surface area contributed by atoms with Crippen LogP contribution in [0.3, 0.4) is 0 Å². The number of methoxy groups -OCH3 is 1. The minimum atomic E-state index is -0.556. The fraction of sp³-hybridized carbons (Fsp3) is 0.405.